The van der Waals surface area contributed by atoms with Crippen LogP contribution in [-0.2, 0) is 4.79 Å². The van der Waals surface area contributed by atoms with E-state index in [4.69, 9.17) is 11.6 Å². The first kappa shape index (κ1) is 13.7. The molecular formula is C12H11ClF2N2O2. The highest BCUT2D eigenvalue weighted by molar-refractivity contribution is 6.30. The quantitative estimate of drug-likeness (QED) is 0.813. The number of hydrogen-bond donors (Lipinski definition) is 2. The number of halogens is 3. The Morgan fingerprint density at radius 2 is 2.11 bits per heavy atom. The summed E-state index contributed by atoms with van der Waals surface area (Å²) < 4.78 is 26.7. The van der Waals surface area contributed by atoms with Gasteiger partial charge in [-0.1, -0.05) is 11.6 Å². The lowest BCUT2D eigenvalue weighted by Crippen LogP contribution is -2.47. The van der Waals surface area contributed by atoms with Crippen molar-refractivity contribution in [1.82, 2.24) is 10.6 Å². The SMILES string of the molecule is O=C1CCC(NC(=O)c2cc(F)c(Cl)cc2F)CN1. The molecule has 4 nitrogen and oxygen atoms in total. The Bertz CT molecular complexity index is 527. The Balaban J connectivity index is 2.08. The molecule has 2 rings (SSSR count). The van der Waals surface area contributed by atoms with Gasteiger partial charge < -0.3 is 10.6 Å². The molecule has 1 aliphatic rings. The van der Waals surface area contributed by atoms with Gasteiger partial charge in [0.2, 0.25) is 5.91 Å². The molecule has 1 atom stereocenters. The van der Waals surface area contributed by atoms with E-state index < -0.39 is 23.1 Å². The second-order valence-electron chi connectivity index (χ2n) is 4.26. The summed E-state index contributed by atoms with van der Waals surface area (Å²) in [5.74, 6) is -2.56. The molecule has 0 saturated carbocycles. The van der Waals surface area contributed by atoms with Gasteiger partial charge in [0.25, 0.3) is 5.91 Å². The number of hydrogen-bond acceptors (Lipinski definition) is 2. The number of amides is 2. The molecule has 0 aromatic heterocycles. The molecule has 0 radical (unpaired) electrons. The summed E-state index contributed by atoms with van der Waals surface area (Å²) in [7, 11) is 0. The van der Waals surface area contributed by atoms with E-state index in [0.717, 1.165) is 12.1 Å². The van der Waals surface area contributed by atoms with Crippen LogP contribution in [-0.4, -0.2) is 24.4 Å². The fraction of sp³-hybridized carbons (Fsp3) is 0.333. The maximum Gasteiger partial charge on any atom is 0.254 e. The molecule has 1 heterocycles. The highest BCUT2D eigenvalue weighted by Gasteiger charge is 2.22. The third-order valence-electron chi connectivity index (χ3n) is 2.86. The van der Waals surface area contributed by atoms with Crippen LogP contribution in [0.25, 0.3) is 0 Å². The summed E-state index contributed by atoms with van der Waals surface area (Å²) in [5.41, 5.74) is -0.404. The Hall–Kier alpha value is -1.69. The first-order chi connectivity index (χ1) is 8.97. The maximum atomic E-state index is 13.5. The predicted octanol–water partition coefficient (Wildman–Crippen LogP) is 1.63. The van der Waals surface area contributed by atoms with Crippen LogP contribution in [0.1, 0.15) is 23.2 Å². The van der Waals surface area contributed by atoms with Gasteiger partial charge in [0.05, 0.1) is 10.6 Å². The van der Waals surface area contributed by atoms with Crippen LogP contribution in [0.4, 0.5) is 8.78 Å². The van der Waals surface area contributed by atoms with Crippen LogP contribution in [0, 0.1) is 11.6 Å². The maximum absolute atomic E-state index is 13.5. The summed E-state index contributed by atoms with van der Waals surface area (Å²) in [6.45, 7) is 0.280. The summed E-state index contributed by atoms with van der Waals surface area (Å²) >= 11 is 5.40. The van der Waals surface area contributed by atoms with Gasteiger partial charge >= 0.3 is 0 Å². The highest BCUT2D eigenvalue weighted by atomic mass is 35.5. The lowest BCUT2D eigenvalue weighted by Gasteiger charge is -2.23. The van der Waals surface area contributed by atoms with Crippen molar-refractivity contribution in [2.24, 2.45) is 0 Å². The van der Waals surface area contributed by atoms with Crippen molar-refractivity contribution in [2.75, 3.05) is 6.54 Å². The Kier molecular flexibility index (Phi) is 3.99. The zero-order valence-corrected chi connectivity index (χ0v) is 10.6. The minimum atomic E-state index is -0.885. The molecule has 19 heavy (non-hydrogen) atoms. The average Bonchev–Trinajstić information content (AvgIpc) is 2.36. The van der Waals surface area contributed by atoms with Gasteiger partial charge in [-0.05, 0) is 18.6 Å². The van der Waals surface area contributed by atoms with E-state index in [0.29, 0.717) is 12.8 Å². The zero-order chi connectivity index (χ0) is 14.0. The largest absolute Gasteiger partial charge is 0.354 e. The van der Waals surface area contributed by atoms with E-state index in [-0.39, 0.29) is 23.5 Å². The molecular weight excluding hydrogens is 278 g/mol. The minimum Gasteiger partial charge on any atom is -0.354 e. The molecule has 2 N–H and O–H groups in total. The van der Waals surface area contributed by atoms with E-state index in [1.807, 2.05) is 0 Å². The Morgan fingerprint density at radius 1 is 1.37 bits per heavy atom. The van der Waals surface area contributed by atoms with Crippen molar-refractivity contribution < 1.29 is 18.4 Å². The van der Waals surface area contributed by atoms with Gasteiger partial charge in [-0.3, -0.25) is 9.59 Å². The molecule has 1 saturated heterocycles. The van der Waals surface area contributed by atoms with Crippen molar-refractivity contribution in [2.45, 2.75) is 18.9 Å². The average molecular weight is 289 g/mol. The molecule has 1 aliphatic heterocycles. The fourth-order valence-electron chi connectivity index (χ4n) is 1.82. The predicted molar refractivity (Wildman–Crippen MR) is 64.9 cm³/mol. The smallest absolute Gasteiger partial charge is 0.254 e. The molecule has 0 aliphatic carbocycles. The summed E-state index contributed by atoms with van der Waals surface area (Å²) in [6, 6.07) is 1.23. The van der Waals surface area contributed by atoms with Gasteiger partial charge in [0.1, 0.15) is 11.6 Å². The fourth-order valence-corrected chi connectivity index (χ4v) is 1.97. The number of carbonyl (C=O) groups excluding carboxylic acids is 2. The molecule has 1 unspecified atom stereocenters. The molecule has 1 aromatic rings. The first-order valence-electron chi connectivity index (χ1n) is 5.69. The number of benzene rings is 1. The third-order valence-corrected chi connectivity index (χ3v) is 3.14. The van der Waals surface area contributed by atoms with E-state index >= 15 is 0 Å². The first-order valence-corrected chi connectivity index (χ1v) is 6.07. The van der Waals surface area contributed by atoms with Crippen LogP contribution < -0.4 is 10.6 Å². The normalized spacial score (nSPS) is 18.9. The van der Waals surface area contributed by atoms with Crippen LogP contribution in [0.3, 0.4) is 0 Å². The standard InChI is InChI=1S/C12H11ClF2N2O2/c13-8-4-9(14)7(3-10(8)15)12(19)17-6-1-2-11(18)16-5-6/h3-4,6H,1-2,5H2,(H,16,18)(H,17,19). The lowest BCUT2D eigenvalue weighted by atomic mass is 10.1. The molecule has 1 fully saturated rings. The second kappa shape index (κ2) is 5.52. The second-order valence-corrected chi connectivity index (χ2v) is 4.67. The Labute approximate surface area is 113 Å². The van der Waals surface area contributed by atoms with Crippen molar-refractivity contribution in [3.05, 3.63) is 34.4 Å². The van der Waals surface area contributed by atoms with Gasteiger partial charge in [0.15, 0.2) is 0 Å². The third kappa shape index (κ3) is 3.20. The summed E-state index contributed by atoms with van der Waals surface area (Å²) in [4.78, 5) is 22.8. The van der Waals surface area contributed by atoms with Crippen molar-refractivity contribution in [3.8, 4) is 0 Å². The highest BCUT2D eigenvalue weighted by Crippen LogP contribution is 2.19. The van der Waals surface area contributed by atoms with Crippen molar-refractivity contribution >= 4 is 23.4 Å². The van der Waals surface area contributed by atoms with Crippen molar-refractivity contribution in [3.63, 3.8) is 0 Å². The van der Waals surface area contributed by atoms with E-state index in [9.17, 15) is 18.4 Å². The summed E-state index contributed by atoms with van der Waals surface area (Å²) in [6.07, 6.45) is 0.762. The van der Waals surface area contributed by atoms with Gasteiger partial charge in [0, 0.05) is 19.0 Å². The topological polar surface area (TPSA) is 58.2 Å². The molecule has 102 valence electrons. The van der Waals surface area contributed by atoms with E-state index in [1.54, 1.807) is 0 Å². The van der Waals surface area contributed by atoms with Gasteiger partial charge in [-0.2, -0.15) is 0 Å². The van der Waals surface area contributed by atoms with Crippen molar-refractivity contribution in [1.29, 1.82) is 0 Å². The number of nitrogens with one attached hydrogen (secondary N) is 2. The monoisotopic (exact) mass is 288 g/mol. The van der Waals surface area contributed by atoms with E-state index in [2.05, 4.69) is 10.6 Å². The van der Waals surface area contributed by atoms with Crippen LogP contribution >= 0.6 is 11.6 Å². The molecule has 2 amide bonds. The molecule has 1 aromatic carbocycles. The number of carbonyl (C=O) groups is 2. The van der Waals surface area contributed by atoms with Gasteiger partial charge in [-0.15, -0.1) is 0 Å². The van der Waals surface area contributed by atoms with Crippen LogP contribution in [0.2, 0.25) is 5.02 Å². The minimum absolute atomic E-state index is 0.0887. The zero-order valence-electron chi connectivity index (χ0n) is 9.80. The molecule has 0 spiro atoms. The van der Waals surface area contributed by atoms with Crippen LogP contribution in [0.15, 0.2) is 12.1 Å². The molecule has 7 heteroatoms. The molecule has 0 bridgehead atoms. The van der Waals surface area contributed by atoms with Gasteiger partial charge in [-0.25, -0.2) is 8.78 Å². The van der Waals surface area contributed by atoms with Crippen LogP contribution in [0.5, 0.6) is 0 Å². The summed E-state index contributed by atoms with van der Waals surface area (Å²) in [5, 5.41) is 4.75. The number of rotatable bonds is 2. The number of piperidine rings is 1. The Morgan fingerprint density at radius 3 is 2.74 bits per heavy atom. The van der Waals surface area contributed by atoms with E-state index in [1.165, 1.54) is 0 Å². The lowest BCUT2D eigenvalue weighted by molar-refractivity contribution is -0.122.